The maximum Gasteiger partial charge on any atom is 0.145 e. The number of nitrogens with zero attached hydrogens (tertiary/aromatic N) is 1. The van der Waals surface area contributed by atoms with E-state index in [-0.39, 0.29) is 0 Å². The lowest BCUT2D eigenvalue weighted by molar-refractivity contribution is 0.180. The van der Waals surface area contributed by atoms with Crippen LogP contribution < -0.4 is 4.74 Å². The van der Waals surface area contributed by atoms with Crippen molar-refractivity contribution in [2.24, 2.45) is 0 Å². The van der Waals surface area contributed by atoms with Crippen molar-refractivity contribution in [1.82, 2.24) is 4.98 Å². The summed E-state index contributed by atoms with van der Waals surface area (Å²) in [6, 6.07) is 0. The Morgan fingerprint density at radius 1 is 1.43 bits per heavy atom. The summed E-state index contributed by atoms with van der Waals surface area (Å²) in [5.41, 5.74) is 2.79. The van der Waals surface area contributed by atoms with Gasteiger partial charge in [-0.2, -0.15) is 0 Å². The van der Waals surface area contributed by atoms with Gasteiger partial charge in [-0.1, -0.05) is 0 Å². The Bertz CT molecular complexity index is 315. The van der Waals surface area contributed by atoms with E-state index >= 15 is 0 Å². The van der Waals surface area contributed by atoms with Crippen LogP contribution in [0.1, 0.15) is 16.8 Å². The van der Waals surface area contributed by atoms with Crippen LogP contribution in [0.25, 0.3) is 0 Å². The van der Waals surface area contributed by atoms with Crippen LogP contribution in [0.3, 0.4) is 0 Å². The molecule has 1 rings (SSSR count). The molecule has 3 nitrogen and oxygen atoms in total. The fourth-order valence-corrected chi connectivity index (χ4v) is 1.59. The van der Waals surface area contributed by atoms with E-state index in [1.165, 1.54) is 0 Å². The highest BCUT2D eigenvalue weighted by Crippen LogP contribution is 2.26. The molecular formula is C10H14ClNO2. The van der Waals surface area contributed by atoms with Gasteiger partial charge >= 0.3 is 0 Å². The van der Waals surface area contributed by atoms with Crippen LogP contribution in [0.2, 0.25) is 0 Å². The molecule has 0 aliphatic carbocycles. The van der Waals surface area contributed by atoms with Gasteiger partial charge in [0.15, 0.2) is 0 Å². The van der Waals surface area contributed by atoms with Crippen LogP contribution in [-0.4, -0.2) is 19.2 Å². The number of aryl methyl sites for hydroxylation is 1. The number of pyridine rings is 1. The molecule has 0 aromatic carbocycles. The minimum Gasteiger partial charge on any atom is -0.494 e. The van der Waals surface area contributed by atoms with Crippen molar-refractivity contribution >= 4 is 11.6 Å². The Morgan fingerprint density at radius 2 is 2.14 bits per heavy atom. The molecule has 0 spiro atoms. The van der Waals surface area contributed by atoms with Crippen LogP contribution >= 0.6 is 11.6 Å². The Balaban J connectivity index is 3.21. The minimum absolute atomic E-state index is 0.419. The Labute approximate surface area is 89.0 Å². The summed E-state index contributed by atoms with van der Waals surface area (Å²) >= 11 is 5.80. The van der Waals surface area contributed by atoms with Gasteiger partial charge < -0.3 is 9.47 Å². The van der Waals surface area contributed by atoms with Gasteiger partial charge in [-0.15, -0.1) is 11.6 Å². The summed E-state index contributed by atoms with van der Waals surface area (Å²) in [5, 5.41) is 0. The van der Waals surface area contributed by atoms with E-state index < -0.39 is 0 Å². The van der Waals surface area contributed by atoms with Crippen molar-refractivity contribution in [2.75, 3.05) is 14.2 Å². The van der Waals surface area contributed by atoms with Crippen LogP contribution in [0, 0.1) is 6.92 Å². The predicted octanol–water partition coefficient (Wildman–Crippen LogP) is 2.28. The van der Waals surface area contributed by atoms with E-state index in [4.69, 9.17) is 21.1 Å². The monoisotopic (exact) mass is 215 g/mol. The fraction of sp³-hybridized carbons (Fsp3) is 0.500. The number of hydrogen-bond donors (Lipinski definition) is 0. The molecule has 0 atom stereocenters. The van der Waals surface area contributed by atoms with Gasteiger partial charge in [-0.25, -0.2) is 0 Å². The third kappa shape index (κ3) is 2.16. The molecule has 0 aliphatic rings. The molecule has 1 aromatic rings. The van der Waals surface area contributed by atoms with Crippen LogP contribution in [-0.2, 0) is 17.2 Å². The van der Waals surface area contributed by atoms with Crippen molar-refractivity contribution in [2.45, 2.75) is 19.4 Å². The zero-order valence-electron chi connectivity index (χ0n) is 8.63. The second kappa shape index (κ2) is 5.17. The van der Waals surface area contributed by atoms with Gasteiger partial charge in [-0.3, -0.25) is 4.98 Å². The third-order valence-electron chi connectivity index (χ3n) is 2.04. The zero-order chi connectivity index (χ0) is 10.6. The van der Waals surface area contributed by atoms with Crippen molar-refractivity contribution < 1.29 is 9.47 Å². The summed E-state index contributed by atoms with van der Waals surface area (Å²) in [5.74, 6) is 1.19. The molecule has 0 bridgehead atoms. The predicted molar refractivity (Wildman–Crippen MR) is 55.8 cm³/mol. The van der Waals surface area contributed by atoms with Crippen LogP contribution in [0.5, 0.6) is 5.75 Å². The number of rotatable bonds is 4. The lowest BCUT2D eigenvalue weighted by Crippen LogP contribution is -2.02. The van der Waals surface area contributed by atoms with E-state index in [2.05, 4.69) is 4.98 Å². The average molecular weight is 216 g/mol. The highest BCUT2D eigenvalue weighted by Gasteiger charge is 2.11. The van der Waals surface area contributed by atoms with Gasteiger partial charge in [0.05, 0.1) is 19.4 Å². The van der Waals surface area contributed by atoms with E-state index in [1.807, 2.05) is 6.92 Å². The normalized spacial score (nSPS) is 10.3. The second-order valence-corrected chi connectivity index (χ2v) is 3.21. The molecule has 1 heterocycles. The van der Waals surface area contributed by atoms with Gasteiger partial charge in [-0.05, 0) is 12.5 Å². The fourth-order valence-electron chi connectivity index (χ4n) is 1.36. The minimum atomic E-state index is 0.419. The van der Waals surface area contributed by atoms with Crippen molar-refractivity contribution in [3.63, 3.8) is 0 Å². The summed E-state index contributed by atoms with van der Waals surface area (Å²) in [4.78, 5) is 4.20. The molecular weight excluding hydrogens is 202 g/mol. The number of halogens is 1. The number of alkyl halides is 1. The molecule has 0 saturated carbocycles. The molecule has 0 amide bonds. The van der Waals surface area contributed by atoms with E-state index in [1.54, 1.807) is 20.4 Å². The summed E-state index contributed by atoms with van der Waals surface area (Å²) in [6.07, 6.45) is 1.76. The van der Waals surface area contributed by atoms with E-state index in [0.717, 1.165) is 22.6 Å². The first kappa shape index (κ1) is 11.3. The van der Waals surface area contributed by atoms with Crippen molar-refractivity contribution in [1.29, 1.82) is 0 Å². The number of ether oxygens (including phenoxy) is 2. The van der Waals surface area contributed by atoms with Crippen molar-refractivity contribution in [3.05, 3.63) is 23.0 Å². The molecule has 0 fully saturated rings. The summed E-state index contributed by atoms with van der Waals surface area (Å²) in [6.45, 7) is 2.39. The molecule has 4 heteroatoms. The maximum absolute atomic E-state index is 5.80. The average Bonchev–Trinajstić information content (AvgIpc) is 2.19. The molecule has 14 heavy (non-hydrogen) atoms. The first-order valence-corrected chi connectivity index (χ1v) is 4.84. The lowest BCUT2D eigenvalue weighted by atomic mass is 10.1. The number of methoxy groups -OCH3 is 2. The van der Waals surface area contributed by atoms with Crippen LogP contribution in [0.15, 0.2) is 6.20 Å². The smallest absolute Gasteiger partial charge is 0.145 e. The topological polar surface area (TPSA) is 31.4 Å². The second-order valence-electron chi connectivity index (χ2n) is 2.95. The highest BCUT2D eigenvalue weighted by atomic mass is 35.5. The molecule has 78 valence electrons. The quantitative estimate of drug-likeness (QED) is 0.723. The third-order valence-corrected chi connectivity index (χ3v) is 2.33. The van der Waals surface area contributed by atoms with E-state index in [9.17, 15) is 0 Å². The Morgan fingerprint density at radius 3 is 2.64 bits per heavy atom. The summed E-state index contributed by atoms with van der Waals surface area (Å²) < 4.78 is 10.4. The van der Waals surface area contributed by atoms with Gasteiger partial charge in [0, 0.05) is 24.8 Å². The molecule has 0 N–H and O–H groups in total. The number of hydrogen-bond acceptors (Lipinski definition) is 3. The summed E-state index contributed by atoms with van der Waals surface area (Å²) in [7, 11) is 3.27. The Kier molecular flexibility index (Phi) is 4.17. The van der Waals surface area contributed by atoms with Crippen molar-refractivity contribution in [3.8, 4) is 5.75 Å². The highest BCUT2D eigenvalue weighted by molar-refractivity contribution is 6.17. The lowest BCUT2D eigenvalue weighted by Gasteiger charge is -2.13. The largest absolute Gasteiger partial charge is 0.494 e. The van der Waals surface area contributed by atoms with E-state index in [0.29, 0.717) is 12.5 Å². The molecule has 0 unspecified atom stereocenters. The van der Waals surface area contributed by atoms with Gasteiger partial charge in [0.1, 0.15) is 5.75 Å². The number of aromatic nitrogens is 1. The molecule has 0 aliphatic heterocycles. The SMILES string of the molecule is COCc1c(CCl)cnc(C)c1OC. The van der Waals surface area contributed by atoms with Gasteiger partial charge in [0.25, 0.3) is 0 Å². The molecule has 0 radical (unpaired) electrons. The first-order chi connectivity index (χ1) is 6.74. The maximum atomic E-state index is 5.80. The Hall–Kier alpha value is -0.800. The zero-order valence-corrected chi connectivity index (χ0v) is 9.39. The standard InChI is InChI=1S/C10H14ClNO2/c1-7-10(14-3)9(6-13-2)8(4-11)5-12-7/h5H,4,6H2,1-3H3. The first-order valence-electron chi connectivity index (χ1n) is 4.30. The molecule has 0 saturated heterocycles. The van der Waals surface area contributed by atoms with Gasteiger partial charge in [0.2, 0.25) is 0 Å². The van der Waals surface area contributed by atoms with Crippen LogP contribution in [0.4, 0.5) is 0 Å². The molecule has 1 aromatic heterocycles.